The van der Waals surface area contributed by atoms with E-state index in [2.05, 4.69) is 41.4 Å². The Bertz CT molecular complexity index is 820. The van der Waals surface area contributed by atoms with Gasteiger partial charge in [-0.15, -0.1) is 0 Å². The highest BCUT2D eigenvalue weighted by Crippen LogP contribution is 2.20. The van der Waals surface area contributed by atoms with Gasteiger partial charge in [-0.05, 0) is 56.4 Å². The molecule has 1 heterocycles. The van der Waals surface area contributed by atoms with Crippen LogP contribution in [0.4, 0.5) is 0 Å². The number of amides is 1. The molecule has 0 radical (unpaired) electrons. The number of carbonyl (C=O) groups excluding carboxylic acids is 2. The van der Waals surface area contributed by atoms with E-state index in [0.29, 0.717) is 18.2 Å². The van der Waals surface area contributed by atoms with Gasteiger partial charge in [-0.25, -0.2) is 0 Å². The minimum absolute atomic E-state index is 0.0192. The number of rotatable bonds is 9. The van der Waals surface area contributed by atoms with Crippen molar-refractivity contribution in [3.8, 4) is 5.75 Å². The first kappa shape index (κ1) is 22.0. The Morgan fingerprint density at radius 2 is 1.80 bits per heavy atom. The molecule has 1 fully saturated rings. The average Bonchev–Trinajstić information content (AvgIpc) is 2.74. The van der Waals surface area contributed by atoms with Crippen LogP contribution in [0.15, 0.2) is 54.6 Å². The maximum Gasteiger partial charge on any atom is 0.258 e. The minimum Gasteiger partial charge on any atom is -0.484 e. The lowest BCUT2D eigenvalue weighted by molar-refractivity contribution is -0.124. The van der Waals surface area contributed by atoms with Gasteiger partial charge in [-0.3, -0.25) is 9.69 Å². The minimum atomic E-state index is -0.0793. The van der Waals surface area contributed by atoms with Crippen LogP contribution < -0.4 is 10.1 Å². The summed E-state index contributed by atoms with van der Waals surface area (Å²) in [4.78, 5) is 25.9. The summed E-state index contributed by atoms with van der Waals surface area (Å²) in [6.07, 6.45) is 3.18. The number of nitrogens with one attached hydrogen (secondary N) is 1. The molecule has 1 N–H and O–H groups in total. The molecule has 3 rings (SSSR count). The van der Waals surface area contributed by atoms with Gasteiger partial charge < -0.3 is 14.8 Å². The zero-order chi connectivity index (χ0) is 21.3. The Morgan fingerprint density at radius 3 is 2.47 bits per heavy atom. The van der Waals surface area contributed by atoms with Crippen molar-refractivity contribution >= 4 is 11.7 Å². The van der Waals surface area contributed by atoms with E-state index in [-0.39, 0.29) is 24.3 Å². The van der Waals surface area contributed by atoms with Crippen LogP contribution in [-0.4, -0.2) is 41.8 Å². The number of hydrogen-bond donors (Lipinski definition) is 1. The molecular formula is C25H32N2O3. The van der Waals surface area contributed by atoms with Crippen LogP contribution >= 0.6 is 0 Å². The average molecular weight is 409 g/mol. The summed E-state index contributed by atoms with van der Waals surface area (Å²) in [6, 6.07) is 18.7. The van der Waals surface area contributed by atoms with Crippen LogP contribution in [0.5, 0.6) is 5.75 Å². The molecule has 5 heteroatoms. The number of ketones is 1. The van der Waals surface area contributed by atoms with E-state index < -0.39 is 0 Å². The van der Waals surface area contributed by atoms with Crippen LogP contribution in [-0.2, 0) is 22.6 Å². The van der Waals surface area contributed by atoms with E-state index >= 15 is 0 Å². The summed E-state index contributed by atoms with van der Waals surface area (Å²) in [5.74, 6) is 0.777. The largest absolute Gasteiger partial charge is 0.484 e. The van der Waals surface area contributed by atoms with Crippen LogP contribution in [0.25, 0.3) is 0 Å². The second kappa shape index (κ2) is 10.9. The van der Waals surface area contributed by atoms with E-state index in [4.69, 9.17) is 4.74 Å². The maximum atomic E-state index is 12.3. The fraction of sp³-hybridized carbons (Fsp3) is 0.440. The molecule has 5 nitrogen and oxygen atoms in total. The molecule has 2 aromatic rings. The highest BCUT2D eigenvalue weighted by atomic mass is 16.5. The Labute approximate surface area is 179 Å². The molecule has 0 unspecified atom stereocenters. The lowest BCUT2D eigenvalue weighted by Gasteiger charge is -2.38. The molecule has 2 aromatic carbocycles. The van der Waals surface area contributed by atoms with Gasteiger partial charge in [0, 0.05) is 31.6 Å². The molecule has 1 aliphatic rings. The van der Waals surface area contributed by atoms with Crippen LogP contribution in [0.3, 0.4) is 0 Å². The van der Waals surface area contributed by atoms with Crippen molar-refractivity contribution in [2.24, 2.45) is 0 Å². The van der Waals surface area contributed by atoms with E-state index in [1.54, 1.807) is 6.92 Å². The number of Topliss-reactive ketones (excluding diaryl/α,β-unsaturated/α-hetero) is 1. The van der Waals surface area contributed by atoms with Gasteiger partial charge in [0.1, 0.15) is 11.5 Å². The van der Waals surface area contributed by atoms with E-state index in [0.717, 1.165) is 37.9 Å². The Kier molecular flexibility index (Phi) is 8.03. The molecule has 30 heavy (non-hydrogen) atoms. The van der Waals surface area contributed by atoms with Crippen molar-refractivity contribution in [3.63, 3.8) is 0 Å². The SMILES string of the molecule is CC(=O)CCc1ccc(OCC(=O)N[C@H]2CCN(Cc3ccccc3)[C@H](C)C2)cc1. The molecular weight excluding hydrogens is 376 g/mol. The van der Waals surface area contributed by atoms with Crippen LogP contribution in [0, 0.1) is 0 Å². The molecule has 2 atom stereocenters. The van der Waals surface area contributed by atoms with Crippen molar-refractivity contribution in [2.45, 2.75) is 58.2 Å². The number of nitrogens with zero attached hydrogens (tertiary/aromatic N) is 1. The summed E-state index contributed by atoms with van der Waals surface area (Å²) in [6.45, 7) is 5.78. The second-order valence-corrected chi connectivity index (χ2v) is 8.23. The summed E-state index contributed by atoms with van der Waals surface area (Å²) >= 11 is 0. The molecule has 0 aliphatic carbocycles. The first-order valence-electron chi connectivity index (χ1n) is 10.8. The summed E-state index contributed by atoms with van der Waals surface area (Å²) in [5.41, 5.74) is 2.42. The third-order valence-corrected chi connectivity index (χ3v) is 5.67. The van der Waals surface area contributed by atoms with E-state index in [1.165, 1.54) is 5.56 Å². The molecule has 1 saturated heterocycles. The zero-order valence-corrected chi connectivity index (χ0v) is 18.0. The fourth-order valence-electron chi connectivity index (χ4n) is 3.90. The number of ether oxygens (including phenoxy) is 1. The number of likely N-dealkylation sites (tertiary alicyclic amines) is 1. The number of benzene rings is 2. The first-order valence-corrected chi connectivity index (χ1v) is 10.8. The van der Waals surface area contributed by atoms with Crippen molar-refractivity contribution < 1.29 is 14.3 Å². The summed E-state index contributed by atoms with van der Waals surface area (Å²) in [7, 11) is 0. The van der Waals surface area contributed by atoms with Gasteiger partial charge in [0.25, 0.3) is 5.91 Å². The van der Waals surface area contributed by atoms with Gasteiger partial charge in [0.05, 0.1) is 0 Å². The number of aryl methyl sites for hydroxylation is 1. The number of hydrogen-bond acceptors (Lipinski definition) is 4. The lowest BCUT2D eigenvalue weighted by atomic mass is 9.97. The molecule has 160 valence electrons. The molecule has 0 bridgehead atoms. The van der Waals surface area contributed by atoms with Gasteiger partial charge in [0.2, 0.25) is 0 Å². The fourth-order valence-corrected chi connectivity index (χ4v) is 3.90. The van der Waals surface area contributed by atoms with E-state index in [1.807, 2.05) is 30.3 Å². The zero-order valence-electron chi connectivity index (χ0n) is 18.0. The van der Waals surface area contributed by atoms with Crippen molar-refractivity contribution in [3.05, 3.63) is 65.7 Å². The highest BCUT2D eigenvalue weighted by Gasteiger charge is 2.26. The standard InChI is InChI=1S/C25H32N2O3/c1-19-16-23(14-15-27(19)17-22-6-4-3-5-7-22)26-25(29)18-30-24-12-10-21(11-13-24)9-8-20(2)28/h3-7,10-13,19,23H,8-9,14-18H2,1-2H3,(H,26,29)/t19-,23+/m1/s1. The summed E-state index contributed by atoms with van der Waals surface area (Å²) in [5, 5.41) is 3.12. The van der Waals surface area contributed by atoms with Crippen LogP contribution in [0.1, 0.15) is 44.2 Å². The van der Waals surface area contributed by atoms with Gasteiger partial charge in [0.15, 0.2) is 6.61 Å². The van der Waals surface area contributed by atoms with Gasteiger partial charge in [-0.1, -0.05) is 42.5 Å². The van der Waals surface area contributed by atoms with Crippen molar-refractivity contribution in [2.75, 3.05) is 13.2 Å². The molecule has 0 saturated carbocycles. The van der Waals surface area contributed by atoms with Crippen LogP contribution in [0.2, 0.25) is 0 Å². The van der Waals surface area contributed by atoms with Crippen molar-refractivity contribution in [1.29, 1.82) is 0 Å². The maximum absolute atomic E-state index is 12.3. The normalized spacial score (nSPS) is 19.3. The topological polar surface area (TPSA) is 58.6 Å². The number of carbonyl (C=O) groups is 2. The van der Waals surface area contributed by atoms with Crippen molar-refractivity contribution in [1.82, 2.24) is 10.2 Å². The number of piperidine rings is 1. The Balaban J connectivity index is 1.38. The lowest BCUT2D eigenvalue weighted by Crippen LogP contribution is -2.49. The molecule has 0 spiro atoms. The second-order valence-electron chi connectivity index (χ2n) is 8.23. The Hall–Kier alpha value is -2.66. The smallest absolute Gasteiger partial charge is 0.258 e. The predicted molar refractivity (Wildman–Crippen MR) is 118 cm³/mol. The first-order chi connectivity index (χ1) is 14.5. The highest BCUT2D eigenvalue weighted by molar-refractivity contribution is 5.78. The van der Waals surface area contributed by atoms with Gasteiger partial charge >= 0.3 is 0 Å². The molecule has 1 amide bonds. The third kappa shape index (κ3) is 6.99. The monoisotopic (exact) mass is 408 g/mol. The quantitative estimate of drug-likeness (QED) is 0.686. The van der Waals surface area contributed by atoms with Gasteiger partial charge in [-0.2, -0.15) is 0 Å². The predicted octanol–water partition coefficient (Wildman–Crippen LogP) is 3.76. The molecule has 0 aromatic heterocycles. The third-order valence-electron chi connectivity index (χ3n) is 5.67. The Morgan fingerprint density at radius 1 is 1.07 bits per heavy atom. The molecule has 1 aliphatic heterocycles. The summed E-state index contributed by atoms with van der Waals surface area (Å²) < 4.78 is 5.63. The van der Waals surface area contributed by atoms with E-state index in [9.17, 15) is 9.59 Å².